The van der Waals surface area contributed by atoms with E-state index in [-0.39, 0.29) is 6.29 Å². The van der Waals surface area contributed by atoms with Gasteiger partial charge in [0.2, 0.25) is 0 Å². The van der Waals surface area contributed by atoms with Gasteiger partial charge in [0.05, 0.1) is 13.2 Å². The van der Waals surface area contributed by atoms with E-state index in [1.165, 1.54) is 5.56 Å². The van der Waals surface area contributed by atoms with Crippen molar-refractivity contribution >= 4 is 0 Å². The molecule has 0 spiro atoms. The van der Waals surface area contributed by atoms with Crippen LogP contribution in [0.4, 0.5) is 0 Å². The summed E-state index contributed by atoms with van der Waals surface area (Å²) < 4.78 is 11.5. The number of hydrogen-bond acceptors (Lipinski definition) is 3. The fourth-order valence-corrected chi connectivity index (χ4v) is 2.62. The van der Waals surface area contributed by atoms with Crippen LogP contribution in [-0.4, -0.2) is 38.5 Å². The Balaban J connectivity index is 2.08. The first-order chi connectivity index (χ1) is 8.72. The van der Waals surface area contributed by atoms with E-state index in [1.807, 2.05) is 0 Å². The van der Waals surface area contributed by atoms with Gasteiger partial charge in [-0.1, -0.05) is 37.3 Å². The van der Waals surface area contributed by atoms with Gasteiger partial charge in [0, 0.05) is 12.0 Å². The third kappa shape index (κ3) is 3.10. The second kappa shape index (κ2) is 6.32. The molecule has 1 atom stereocenters. The van der Waals surface area contributed by atoms with Crippen LogP contribution in [0.15, 0.2) is 30.3 Å². The SMILES string of the molecule is CCC1OCC([C@@H](c2ccccc2)N(C)C)CO1. The zero-order valence-electron chi connectivity index (χ0n) is 11.5. The lowest BCUT2D eigenvalue weighted by molar-refractivity contribution is -0.209. The number of nitrogens with zero attached hydrogens (tertiary/aromatic N) is 1. The molecule has 100 valence electrons. The van der Waals surface area contributed by atoms with Crippen molar-refractivity contribution < 1.29 is 9.47 Å². The minimum atomic E-state index is -0.0140. The normalized spacial score (nSPS) is 26.2. The third-order valence-electron chi connectivity index (χ3n) is 3.47. The Morgan fingerprint density at radius 2 is 1.78 bits per heavy atom. The van der Waals surface area contributed by atoms with Crippen molar-refractivity contribution in [3.8, 4) is 0 Å². The molecular weight excluding hydrogens is 226 g/mol. The first kappa shape index (κ1) is 13.5. The van der Waals surface area contributed by atoms with E-state index >= 15 is 0 Å². The highest BCUT2D eigenvalue weighted by Crippen LogP contribution is 2.30. The molecule has 1 aliphatic rings. The molecule has 0 radical (unpaired) electrons. The molecule has 1 aliphatic heterocycles. The Morgan fingerprint density at radius 1 is 1.17 bits per heavy atom. The molecule has 0 bridgehead atoms. The van der Waals surface area contributed by atoms with Crippen molar-refractivity contribution in [2.75, 3.05) is 27.3 Å². The molecule has 1 fully saturated rings. The summed E-state index contributed by atoms with van der Waals surface area (Å²) in [5.41, 5.74) is 1.33. The van der Waals surface area contributed by atoms with E-state index in [9.17, 15) is 0 Å². The zero-order chi connectivity index (χ0) is 13.0. The Kier molecular flexibility index (Phi) is 4.75. The minimum absolute atomic E-state index is 0.0140. The van der Waals surface area contributed by atoms with Gasteiger partial charge in [-0.15, -0.1) is 0 Å². The van der Waals surface area contributed by atoms with Crippen LogP contribution in [-0.2, 0) is 9.47 Å². The third-order valence-corrected chi connectivity index (χ3v) is 3.47. The predicted molar refractivity (Wildman–Crippen MR) is 72.3 cm³/mol. The van der Waals surface area contributed by atoms with Crippen molar-refractivity contribution in [1.29, 1.82) is 0 Å². The molecule has 0 amide bonds. The highest BCUT2D eigenvalue weighted by molar-refractivity contribution is 5.20. The van der Waals surface area contributed by atoms with Gasteiger partial charge in [-0.25, -0.2) is 0 Å². The van der Waals surface area contributed by atoms with E-state index in [4.69, 9.17) is 9.47 Å². The molecule has 0 aromatic heterocycles. The Bertz CT molecular complexity index is 345. The number of rotatable bonds is 4. The minimum Gasteiger partial charge on any atom is -0.352 e. The summed E-state index contributed by atoms with van der Waals surface area (Å²) in [6.07, 6.45) is 0.907. The topological polar surface area (TPSA) is 21.7 Å². The van der Waals surface area contributed by atoms with Gasteiger partial charge in [0.15, 0.2) is 6.29 Å². The largest absolute Gasteiger partial charge is 0.352 e. The second-order valence-electron chi connectivity index (χ2n) is 5.08. The van der Waals surface area contributed by atoms with E-state index < -0.39 is 0 Å². The van der Waals surface area contributed by atoms with Gasteiger partial charge in [-0.3, -0.25) is 0 Å². The molecule has 0 aliphatic carbocycles. The van der Waals surface area contributed by atoms with Crippen LogP contribution >= 0.6 is 0 Å². The molecule has 1 aromatic rings. The van der Waals surface area contributed by atoms with Crippen LogP contribution in [0.3, 0.4) is 0 Å². The fourth-order valence-electron chi connectivity index (χ4n) is 2.62. The summed E-state index contributed by atoms with van der Waals surface area (Å²) in [5.74, 6) is 0.394. The quantitative estimate of drug-likeness (QED) is 0.819. The van der Waals surface area contributed by atoms with Crippen molar-refractivity contribution in [3.63, 3.8) is 0 Å². The van der Waals surface area contributed by atoms with Crippen LogP contribution in [0.1, 0.15) is 24.9 Å². The van der Waals surface area contributed by atoms with Crippen LogP contribution in [0.5, 0.6) is 0 Å². The summed E-state index contributed by atoms with van der Waals surface area (Å²) in [5, 5.41) is 0. The van der Waals surface area contributed by atoms with Crippen LogP contribution in [0, 0.1) is 5.92 Å². The summed E-state index contributed by atoms with van der Waals surface area (Å²) in [7, 11) is 4.23. The molecule has 1 heterocycles. The lowest BCUT2D eigenvalue weighted by Crippen LogP contribution is -2.39. The van der Waals surface area contributed by atoms with E-state index in [2.05, 4.69) is 56.3 Å². The Morgan fingerprint density at radius 3 is 2.28 bits per heavy atom. The number of ether oxygens (including phenoxy) is 2. The maximum Gasteiger partial charge on any atom is 0.157 e. The van der Waals surface area contributed by atoms with Crippen molar-refractivity contribution in [2.45, 2.75) is 25.7 Å². The highest BCUT2D eigenvalue weighted by Gasteiger charge is 2.30. The van der Waals surface area contributed by atoms with Gasteiger partial charge < -0.3 is 14.4 Å². The maximum absolute atomic E-state index is 5.74. The Hall–Kier alpha value is -0.900. The van der Waals surface area contributed by atoms with Gasteiger partial charge in [0.25, 0.3) is 0 Å². The van der Waals surface area contributed by atoms with E-state index in [0.717, 1.165) is 19.6 Å². The summed E-state index contributed by atoms with van der Waals surface area (Å²) in [6.45, 7) is 3.64. The number of benzene rings is 1. The first-order valence-corrected chi connectivity index (χ1v) is 6.67. The molecule has 18 heavy (non-hydrogen) atoms. The van der Waals surface area contributed by atoms with Crippen LogP contribution < -0.4 is 0 Å². The molecule has 1 saturated heterocycles. The molecule has 3 heteroatoms. The second-order valence-corrected chi connectivity index (χ2v) is 5.08. The molecule has 1 aromatic carbocycles. The van der Waals surface area contributed by atoms with Crippen molar-refractivity contribution in [1.82, 2.24) is 4.90 Å². The summed E-state index contributed by atoms with van der Waals surface area (Å²) in [4.78, 5) is 2.25. The smallest absolute Gasteiger partial charge is 0.157 e. The number of hydrogen-bond donors (Lipinski definition) is 0. The Labute approximate surface area is 110 Å². The average Bonchev–Trinajstić information content (AvgIpc) is 2.40. The van der Waals surface area contributed by atoms with Gasteiger partial charge in [0.1, 0.15) is 0 Å². The highest BCUT2D eigenvalue weighted by atomic mass is 16.7. The van der Waals surface area contributed by atoms with E-state index in [0.29, 0.717) is 12.0 Å². The molecule has 0 unspecified atom stereocenters. The fraction of sp³-hybridized carbons (Fsp3) is 0.600. The molecule has 0 N–H and O–H groups in total. The van der Waals surface area contributed by atoms with Crippen LogP contribution in [0.2, 0.25) is 0 Å². The van der Waals surface area contributed by atoms with Gasteiger partial charge in [-0.2, -0.15) is 0 Å². The predicted octanol–water partition coefficient (Wildman–Crippen LogP) is 2.69. The molecule has 0 saturated carbocycles. The monoisotopic (exact) mass is 249 g/mol. The molecule has 2 rings (SSSR count). The lowest BCUT2D eigenvalue weighted by Gasteiger charge is -2.37. The lowest BCUT2D eigenvalue weighted by atomic mass is 9.92. The summed E-state index contributed by atoms with van der Waals surface area (Å²) >= 11 is 0. The van der Waals surface area contributed by atoms with Gasteiger partial charge >= 0.3 is 0 Å². The zero-order valence-corrected chi connectivity index (χ0v) is 11.5. The standard InChI is InChI=1S/C15H23NO2/c1-4-14-17-10-13(11-18-14)15(16(2)3)12-8-6-5-7-9-12/h5-9,13-15H,4,10-11H2,1-3H3/t13?,14?,15-/m1/s1. The molecule has 3 nitrogen and oxygen atoms in total. The van der Waals surface area contributed by atoms with Crippen LogP contribution in [0.25, 0.3) is 0 Å². The van der Waals surface area contributed by atoms with E-state index in [1.54, 1.807) is 0 Å². The maximum atomic E-state index is 5.74. The first-order valence-electron chi connectivity index (χ1n) is 6.67. The average molecular weight is 249 g/mol. The van der Waals surface area contributed by atoms with Crippen molar-refractivity contribution in [3.05, 3.63) is 35.9 Å². The molecular formula is C15H23NO2. The summed E-state index contributed by atoms with van der Waals surface area (Å²) in [6, 6.07) is 10.9. The van der Waals surface area contributed by atoms with Crippen molar-refractivity contribution in [2.24, 2.45) is 5.92 Å². The van der Waals surface area contributed by atoms with Gasteiger partial charge in [-0.05, 0) is 26.1 Å².